The van der Waals surface area contributed by atoms with Crippen molar-refractivity contribution in [2.24, 2.45) is 0 Å². The van der Waals surface area contributed by atoms with Gasteiger partial charge >= 0.3 is 0 Å². The van der Waals surface area contributed by atoms with Gasteiger partial charge in [-0.05, 0) is 18.2 Å². The minimum Gasteiger partial charge on any atom is -0.470 e. The van der Waals surface area contributed by atoms with Gasteiger partial charge < -0.3 is 10.1 Å². The van der Waals surface area contributed by atoms with Crippen LogP contribution in [0.3, 0.4) is 0 Å². The van der Waals surface area contributed by atoms with E-state index in [0.717, 1.165) is 11.3 Å². The summed E-state index contributed by atoms with van der Waals surface area (Å²) in [5.74, 6) is 0.710. The average Bonchev–Trinajstić information content (AvgIpc) is 2.44. The van der Waals surface area contributed by atoms with E-state index in [1.165, 1.54) is 6.92 Å². The molecular weight excluding hydrogens is 202 g/mol. The van der Waals surface area contributed by atoms with E-state index in [1.54, 1.807) is 6.07 Å². The molecule has 0 aliphatic carbocycles. The van der Waals surface area contributed by atoms with Crippen molar-refractivity contribution >= 4 is 17.5 Å². The fourth-order valence-corrected chi connectivity index (χ4v) is 1.72. The van der Waals surface area contributed by atoms with Crippen LogP contribution < -0.4 is 10.1 Å². The molecule has 0 saturated heterocycles. The SMILES string of the molecule is CC(=O)NC1Cc2cc(Cl)ccc2O1. The van der Waals surface area contributed by atoms with E-state index < -0.39 is 0 Å². The van der Waals surface area contributed by atoms with Gasteiger partial charge in [-0.1, -0.05) is 11.6 Å². The number of amides is 1. The van der Waals surface area contributed by atoms with E-state index in [2.05, 4.69) is 5.32 Å². The van der Waals surface area contributed by atoms with Crippen molar-refractivity contribution in [1.82, 2.24) is 5.32 Å². The van der Waals surface area contributed by atoms with Crippen LogP contribution in [0.4, 0.5) is 0 Å². The van der Waals surface area contributed by atoms with Crippen LogP contribution in [-0.4, -0.2) is 12.1 Å². The summed E-state index contributed by atoms with van der Waals surface area (Å²) in [4.78, 5) is 10.8. The Morgan fingerprint density at radius 1 is 1.64 bits per heavy atom. The molecule has 0 radical (unpaired) electrons. The molecule has 1 aromatic rings. The fraction of sp³-hybridized carbons (Fsp3) is 0.300. The van der Waals surface area contributed by atoms with E-state index in [4.69, 9.17) is 16.3 Å². The molecule has 14 heavy (non-hydrogen) atoms. The van der Waals surface area contributed by atoms with Crippen LogP contribution in [0, 0.1) is 0 Å². The van der Waals surface area contributed by atoms with Gasteiger partial charge in [-0.15, -0.1) is 0 Å². The lowest BCUT2D eigenvalue weighted by atomic mass is 10.1. The van der Waals surface area contributed by atoms with E-state index in [0.29, 0.717) is 11.4 Å². The molecule has 1 aliphatic rings. The Morgan fingerprint density at radius 3 is 3.14 bits per heavy atom. The van der Waals surface area contributed by atoms with Crippen molar-refractivity contribution in [3.8, 4) is 5.75 Å². The smallest absolute Gasteiger partial charge is 0.219 e. The monoisotopic (exact) mass is 211 g/mol. The highest BCUT2D eigenvalue weighted by atomic mass is 35.5. The number of hydrogen-bond donors (Lipinski definition) is 1. The van der Waals surface area contributed by atoms with Gasteiger partial charge in [0.1, 0.15) is 5.75 Å². The number of nitrogens with one attached hydrogen (secondary N) is 1. The Balaban J connectivity index is 2.14. The Hall–Kier alpha value is -1.22. The van der Waals surface area contributed by atoms with Gasteiger partial charge in [0.05, 0.1) is 0 Å². The minimum absolute atomic E-state index is 0.0890. The maximum atomic E-state index is 10.8. The molecule has 4 heteroatoms. The molecule has 0 saturated carbocycles. The largest absolute Gasteiger partial charge is 0.470 e. The van der Waals surface area contributed by atoms with Gasteiger partial charge in [0, 0.05) is 23.9 Å². The van der Waals surface area contributed by atoms with Crippen LogP contribution in [-0.2, 0) is 11.2 Å². The van der Waals surface area contributed by atoms with Gasteiger partial charge in [-0.2, -0.15) is 0 Å². The number of ether oxygens (including phenoxy) is 1. The van der Waals surface area contributed by atoms with Crippen molar-refractivity contribution in [1.29, 1.82) is 0 Å². The highest BCUT2D eigenvalue weighted by Gasteiger charge is 2.23. The third-order valence-corrected chi connectivity index (χ3v) is 2.30. The predicted octanol–water partition coefficient (Wildman–Crippen LogP) is 1.74. The zero-order valence-corrected chi connectivity index (χ0v) is 8.47. The molecule has 0 aromatic heterocycles. The predicted molar refractivity (Wildman–Crippen MR) is 53.4 cm³/mol. The van der Waals surface area contributed by atoms with E-state index >= 15 is 0 Å². The van der Waals surface area contributed by atoms with Crippen LogP contribution in [0.5, 0.6) is 5.75 Å². The van der Waals surface area contributed by atoms with Crippen molar-refractivity contribution in [3.63, 3.8) is 0 Å². The summed E-state index contributed by atoms with van der Waals surface area (Å²) in [7, 11) is 0. The third kappa shape index (κ3) is 1.82. The second kappa shape index (κ2) is 3.50. The Labute approximate surface area is 87.0 Å². The fourth-order valence-electron chi connectivity index (χ4n) is 1.52. The van der Waals surface area contributed by atoms with Crippen molar-refractivity contribution < 1.29 is 9.53 Å². The zero-order chi connectivity index (χ0) is 10.1. The number of hydrogen-bond acceptors (Lipinski definition) is 2. The van der Waals surface area contributed by atoms with Crippen LogP contribution in [0.15, 0.2) is 18.2 Å². The summed E-state index contributed by atoms with van der Waals surface area (Å²) in [6, 6.07) is 5.45. The summed E-state index contributed by atoms with van der Waals surface area (Å²) in [5, 5.41) is 3.39. The molecule has 1 heterocycles. The molecule has 1 amide bonds. The Morgan fingerprint density at radius 2 is 2.43 bits per heavy atom. The Kier molecular flexibility index (Phi) is 2.33. The number of carbonyl (C=O) groups excluding carboxylic acids is 1. The van der Waals surface area contributed by atoms with Gasteiger partial charge in [-0.3, -0.25) is 4.79 Å². The first-order valence-electron chi connectivity index (χ1n) is 4.37. The standard InChI is InChI=1S/C10H10ClNO2/c1-6(13)12-10-5-7-4-8(11)2-3-9(7)14-10/h2-4,10H,5H2,1H3,(H,12,13). The molecule has 1 N–H and O–H groups in total. The summed E-state index contributed by atoms with van der Waals surface area (Å²) < 4.78 is 5.48. The molecule has 1 aliphatic heterocycles. The minimum atomic E-state index is -0.249. The van der Waals surface area contributed by atoms with E-state index in [1.807, 2.05) is 12.1 Å². The first-order valence-corrected chi connectivity index (χ1v) is 4.75. The van der Waals surface area contributed by atoms with Crippen molar-refractivity contribution in [2.45, 2.75) is 19.6 Å². The van der Waals surface area contributed by atoms with Gasteiger partial charge in [0.2, 0.25) is 5.91 Å². The highest BCUT2D eigenvalue weighted by Crippen LogP contribution is 2.30. The van der Waals surface area contributed by atoms with Gasteiger partial charge in [-0.25, -0.2) is 0 Å². The number of halogens is 1. The van der Waals surface area contributed by atoms with Gasteiger partial charge in [0.15, 0.2) is 6.23 Å². The number of rotatable bonds is 1. The van der Waals surface area contributed by atoms with E-state index in [-0.39, 0.29) is 12.1 Å². The number of carbonyl (C=O) groups is 1. The highest BCUT2D eigenvalue weighted by molar-refractivity contribution is 6.30. The lowest BCUT2D eigenvalue weighted by Crippen LogP contribution is -2.36. The lowest BCUT2D eigenvalue weighted by molar-refractivity contribution is -0.121. The topological polar surface area (TPSA) is 38.3 Å². The molecule has 1 aromatic carbocycles. The summed E-state index contributed by atoms with van der Waals surface area (Å²) in [5.41, 5.74) is 1.04. The molecule has 1 atom stereocenters. The first-order chi connectivity index (χ1) is 6.65. The molecule has 1 unspecified atom stereocenters. The number of benzene rings is 1. The summed E-state index contributed by atoms with van der Waals surface area (Å²) in [6.07, 6.45) is 0.427. The third-order valence-electron chi connectivity index (χ3n) is 2.06. The number of fused-ring (bicyclic) bond motifs is 1. The van der Waals surface area contributed by atoms with Crippen LogP contribution in [0.2, 0.25) is 5.02 Å². The molecular formula is C10H10ClNO2. The molecule has 0 bridgehead atoms. The average molecular weight is 212 g/mol. The zero-order valence-electron chi connectivity index (χ0n) is 7.71. The molecule has 0 spiro atoms. The van der Waals surface area contributed by atoms with Crippen LogP contribution in [0.1, 0.15) is 12.5 Å². The quantitative estimate of drug-likeness (QED) is 0.769. The maximum Gasteiger partial charge on any atom is 0.219 e. The van der Waals surface area contributed by atoms with Crippen LogP contribution in [0.25, 0.3) is 0 Å². The second-order valence-corrected chi connectivity index (χ2v) is 3.70. The molecule has 2 rings (SSSR count). The Bertz CT molecular complexity index is 378. The molecule has 74 valence electrons. The maximum absolute atomic E-state index is 10.8. The van der Waals surface area contributed by atoms with Crippen molar-refractivity contribution in [3.05, 3.63) is 28.8 Å². The normalized spacial score (nSPS) is 18.6. The second-order valence-electron chi connectivity index (χ2n) is 3.26. The van der Waals surface area contributed by atoms with Crippen molar-refractivity contribution in [2.75, 3.05) is 0 Å². The first kappa shape index (κ1) is 9.34. The molecule has 0 fully saturated rings. The van der Waals surface area contributed by atoms with Crippen LogP contribution >= 0.6 is 11.6 Å². The molecule has 3 nitrogen and oxygen atoms in total. The summed E-state index contributed by atoms with van der Waals surface area (Å²) >= 11 is 5.83. The lowest BCUT2D eigenvalue weighted by Gasteiger charge is -2.10. The van der Waals surface area contributed by atoms with E-state index in [9.17, 15) is 4.79 Å². The summed E-state index contributed by atoms with van der Waals surface area (Å²) in [6.45, 7) is 1.47. The van der Waals surface area contributed by atoms with Gasteiger partial charge in [0.25, 0.3) is 0 Å².